The molecule has 2 saturated heterocycles. The van der Waals surface area contributed by atoms with E-state index in [1.54, 1.807) is 0 Å². The Morgan fingerprint density at radius 2 is 1.56 bits per heavy atom. The Hall–Kier alpha value is -0.630. The van der Waals surface area contributed by atoms with Gasteiger partial charge in [-0.25, -0.2) is 0 Å². The first-order chi connectivity index (χ1) is 7.76. The van der Waals surface area contributed by atoms with Crippen LogP contribution in [0.1, 0.15) is 0 Å². The van der Waals surface area contributed by atoms with Crippen LogP contribution in [0.3, 0.4) is 0 Å². The Bertz CT molecular complexity index is 392. The summed E-state index contributed by atoms with van der Waals surface area (Å²) >= 11 is 0. The lowest BCUT2D eigenvalue weighted by molar-refractivity contribution is 0.416. The molecule has 0 saturated carbocycles. The fraction of sp³-hybridized carbons (Fsp3) is 0.500. The van der Waals surface area contributed by atoms with E-state index in [2.05, 4.69) is 0 Å². The van der Waals surface area contributed by atoms with Crippen molar-refractivity contribution in [1.82, 2.24) is 0 Å². The normalized spacial score (nSPS) is 30.8. The average Bonchev–Trinajstić information content (AvgIpc) is 3.17. The summed E-state index contributed by atoms with van der Waals surface area (Å²) < 4.78 is 23.4. The van der Waals surface area contributed by atoms with Crippen molar-refractivity contribution in [3.05, 3.63) is 30.3 Å². The summed E-state index contributed by atoms with van der Waals surface area (Å²) in [5.41, 5.74) is 0. The quantitative estimate of drug-likeness (QED) is 0.576. The van der Waals surface area contributed by atoms with Crippen molar-refractivity contribution < 1.29 is 14.0 Å². The minimum absolute atomic E-state index is 0.213. The zero-order valence-electron chi connectivity index (χ0n) is 9.04. The summed E-state index contributed by atoms with van der Waals surface area (Å²) in [7, 11) is -2.31. The molecule has 2 aliphatic rings. The first-order valence-electron chi connectivity index (χ1n) is 5.63. The second-order valence-electron chi connectivity index (χ2n) is 4.50. The second kappa shape index (κ2) is 3.99. The van der Waals surface area contributed by atoms with E-state index >= 15 is 0 Å². The highest BCUT2D eigenvalue weighted by Gasteiger charge is 2.39. The van der Waals surface area contributed by atoms with Crippen LogP contribution in [0.25, 0.3) is 0 Å². The van der Waals surface area contributed by atoms with Crippen LogP contribution in [0.15, 0.2) is 30.3 Å². The molecule has 0 aromatic heterocycles. The largest absolute Gasteiger partial charge is 0.373 e. The molecule has 1 aromatic rings. The summed E-state index contributed by atoms with van der Waals surface area (Å²) in [6.45, 7) is 1.53. The molecular weight excluding hydrogens is 223 g/mol. The van der Waals surface area contributed by atoms with E-state index in [0.717, 1.165) is 18.5 Å². The molecule has 3 nitrogen and oxygen atoms in total. The van der Waals surface area contributed by atoms with Gasteiger partial charge in [-0.3, -0.25) is 0 Å². The van der Waals surface area contributed by atoms with Gasteiger partial charge in [0.2, 0.25) is 0 Å². The number of benzene rings is 1. The molecule has 2 fully saturated rings. The fourth-order valence-corrected chi connectivity index (χ4v) is 5.01. The van der Waals surface area contributed by atoms with Crippen LogP contribution in [-0.4, -0.2) is 37.7 Å². The van der Waals surface area contributed by atoms with E-state index in [9.17, 15) is 4.57 Å². The van der Waals surface area contributed by atoms with Crippen molar-refractivity contribution >= 4 is 12.4 Å². The molecule has 3 rings (SSSR count). The van der Waals surface area contributed by atoms with Crippen molar-refractivity contribution in [1.29, 1.82) is 0 Å². The molecule has 4 heteroatoms. The molecule has 2 aliphatic heterocycles. The van der Waals surface area contributed by atoms with E-state index < -0.39 is 7.14 Å². The highest BCUT2D eigenvalue weighted by Crippen LogP contribution is 2.49. The average molecular weight is 238 g/mol. The predicted molar refractivity (Wildman–Crippen MR) is 62.9 cm³/mol. The summed E-state index contributed by atoms with van der Waals surface area (Å²) in [6.07, 6.45) is 1.78. The molecular formula is C12H15O3P. The topological polar surface area (TPSA) is 42.1 Å². The summed E-state index contributed by atoms with van der Waals surface area (Å²) in [5, 5.41) is 0.973. The van der Waals surface area contributed by atoms with Crippen LogP contribution in [0.5, 0.6) is 0 Å². The van der Waals surface area contributed by atoms with Gasteiger partial charge in [-0.05, 0) is 0 Å². The van der Waals surface area contributed by atoms with Gasteiger partial charge in [0.25, 0.3) is 0 Å². The lowest BCUT2D eigenvalue weighted by Crippen LogP contribution is -2.16. The molecule has 2 heterocycles. The van der Waals surface area contributed by atoms with Crippen LogP contribution in [0.4, 0.5) is 0 Å². The molecule has 0 spiro atoms. The summed E-state index contributed by atoms with van der Waals surface area (Å²) in [4.78, 5) is 0. The molecule has 2 unspecified atom stereocenters. The molecule has 16 heavy (non-hydrogen) atoms. The van der Waals surface area contributed by atoms with Gasteiger partial charge in [0.1, 0.15) is 7.14 Å². The Morgan fingerprint density at radius 1 is 1.06 bits per heavy atom. The van der Waals surface area contributed by atoms with Gasteiger partial charge in [-0.2, -0.15) is 0 Å². The second-order valence-corrected chi connectivity index (χ2v) is 7.53. The third-order valence-corrected chi connectivity index (χ3v) is 6.26. The van der Waals surface area contributed by atoms with Crippen LogP contribution in [0, 0.1) is 0 Å². The summed E-state index contributed by atoms with van der Waals surface area (Å²) in [5.74, 6) is 0. The molecule has 0 radical (unpaired) electrons. The van der Waals surface area contributed by atoms with Gasteiger partial charge in [-0.1, -0.05) is 30.3 Å². The minimum Gasteiger partial charge on any atom is -0.373 e. The predicted octanol–water partition coefficient (Wildman–Crippen LogP) is 1.47. The molecule has 0 amide bonds. The molecule has 1 aromatic carbocycles. The van der Waals surface area contributed by atoms with Crippen LogP contribution >= 0.6 is 7.14 Å². The first-order valence-corrected chi connectivity index (χ1v) is 7.71. The highest BCUT2D eigenvalue weighted by atomic mass is 31.2. The van der Waals surface area contributed by atoms with Gasteiger partial charge < -0.3 is 14.0 Å². The Morgan fingerprint density at radius 3 is 2.00 bits per heavy atom. The minimum atomic E-state index is -2.31. The molecule has 2 atom stereocenters. The lowest BCUT2D eigenvalue weighted by atomic mass is 10.4. The van der Waals surface area contributed by atoms with Crippen molar-refractivity contribution in [3.8, 4) is 0 Å². The Balaban J connectivity index is 1.84. The van der Waals surface area contributed by atoms with Crippen molar-refractivity contribution in [2.45, 2.75) is 12.2 Å². The van der Waals surface area contributed by atoms with Crippen molar-refractivity contribution in [2.24, 2.45) is 0 Å². The smallest absolute Gasteiger partial charge is 0.120 e. The maximum atomic E-state index is 13.0. The number of epoxide rings is 2. The van der Waals surface area contributed by atoms with E-state index in [1.165, 1.54) is 0 Å². The van der Waals surface area contributed by atoms with Crippen molar-refractivity contribution in [2.75, 3.05) is 25.5 Å². The highest BCUT2D eigenvalue weighted by molar-refractivity contribution is 7.71. The van der Waals surface area contributed by atoms with Gasteiger partial charge in [0, 0.05) is 17.6 Å². The first kappa shape index (κ1) is 10.5. The van der Waals surface area contributed by atoms with Crippen molar-refractivity contribution in [3.63, 3.8) is 0 Å². The Kier molecular flexibility index (Phi) is 2.62. The van der Waals surface area contributed by atoms with Gasteiger partial charge in [0.05, 0.1) is 25.4 Å². The van der Waals surface area contributed by atoms with Crippen LogP contribution in [0.2, 0.25) is 0 Å². The zero-order chi connectivity index (χ0) is 11.0. The van der Waals surface area contributed by atoms with Gasteiger partial charge in [0.15, 0.2) is 0 Å². The number of hydrogen-bond donors (Lipinski definition) is 0. The van der Waals surface area contributed by atoms with E-state index in [-0.39, 0.29) is 12.2 Å². The monoisotopic (exact) mass is 238 g/mol. The standard InChI is InChI=1S/C12H15O3P/c13-16(8-10-6-14-10,9-11-7-15-11)12-4-2-1-3-5-12/h1-5,10-11H,6-9H2. The SMILES string of the molecule is O=P(CC1CO1)(CC1CO1)c1ccccc1. The molecule has 0 aliphatic carbocycles. The molecule has 86 valence electrons. The maximum absolute atomic E-state index is 13.0. The third-order valence-electron chi connectivity index (χ3n) is 3.03. The third kappa shape index (κ3) is 2.37. The van der Waals surface area contributed by atoms with E-state index in [1.807, 2.05) is 30.3 Å². The number of ether oxygens (including phenoxy) is 2. The van der Waals surface area contributed by atoms with Gasteiger partial charge in [-0.15, -0.1) is 0 Å². The number of hydrogen-bond acceptors (Lipinski definition) is 3. The van der Waals surface area contributed by atoms with E-state index in [0.29, 0.717) is 12.3 Å². The molecule has 0 N–H and O–H groups in total. The Labute approximate surface area is 95.1 Å². The lowest BCUT2D eigenvalue weighted by Gasteiger charge is -2.16. The van der Waals surface area contributed by atoms with Gasteiger partial charge >= 0.3 is 0 Å². The maximum Gasteiger partial charge on any atom is 0.120 e. The fourth-order valence-electron chi connectivity index (χ4n) is 1.99. The van der Waals surface area contributed by atoms with Crippen LogP contribution in [-0.2, 0) is 14.0 Å². The van der Waals surface area contributed by atoms with E-state index in [4.69, 9.17) is 9.47 Å². The summed E-state index contributed by atoms with van der Waals surface area (Å²) in [6, 6.07) is 9.78. The molecule has 0 bridgehead atoms. The van der Waals surface area contributed by atoms with Crippen LogP contribution < -0.4 is 5.30 Å². The number of rotatable bonds is 5. The zero-order valence-corrected chi connectivity index (χ0v) is 9.94.